The number of hydrogen-bond donors (Lipinski definition) is 0. The van der Waals surface area contributed by atoms with E-state index >= 15 is 0 Å². The summed E-state index contributed by atoms with van der Waals surface area (Å²) < 4.78 is 16.5. The molecule has 0 N–H and O–H groups in total. The molecule has 1 heterocycles. The second kappa shape index (κ2) is 6.50. The Kier molecular flexibility index (Phi) is 4.70. The molecule has 0 bridgehead atoms. The van der Waals surface area contributed by atoms with Crippen LogP contribution in [0.15, 0.2) is 12.1 Å². The van der Waals surface area contributed by atoms with Gasteiger partial charge in [0, 0.05) is 25.2 Å². The van der Waals surface area contributed by atoms with E-state index < -0.39 is 0 Å². The third-order valence-corrected chi connectivity index (χ3v) is 2.82. The fourth-order valence-corrected chi connectivity index (χ4v) is 2.01. The van der Waals surface area contributed by atoms with Gasteiger partial charge >= 0.3 is 0 Å². The maximum Gasteiger partial charge on any atom is 0.143 e. The van der Waals surface area contributed by atoms with E-state index in [4.69, 9.17) is 14.2 Å². The van der Waals surface area contributed by atoms with Crippen LogP contribution in [0.3, 0.4) is 0 Å². The monoisotopic (exact) mass is 250 g/mol. The van der Waals surface area contributed by atoms with Crippen molar-refractivity contribution >= 4 is 5.69 Å². The van der Waals surface area contributed by atoms with Crippen molar-refractivity contribution in [1.82, 2.24) is 0 Å². The van der Waals surface area contributed by atoms with E-state index in [0.29, 0.717) is 13.2 Å². The molecule has 1 aromatic rings. The lowest BCUT2D eigenvalue weighted by Crippen LogP contribution is -2.36. The van der Waals surface area contributed by atoms with Gasteiger partial charge in [-0.2, -0.15) is 0 Å². The normalized spacial score (nSPS) is 15.6. The molecule has 4 heteroatoms. The topological polar surface area (TPSA) is 30.9 Å². The number of rotatable bonds is 5. The molecule has 0 atom stereocenters. The van der Waals surface area contributed by atoms with Crippen LogP contribution >= 0.6 is 0 Å². The first-order valence-electron chi connectivity index (χ1n) is 6.49. The molecule has 4 nitrogen and oxygen atoms in total. The van der Waals surface area contributed by atoms with Crippen molar-refractivity contribution in [3.8, 4) is 11.5 Å². The summed E-state index contributed by atoms with van der Waals surface area (Å²) in [6, 6.07) is 6.96. The predicted octanol–water partition coefficient (Wildman–Crippen LogP) is 2.12. The standard InChI is InChI=1S/C14H20NO3/c1-3-17-12-5-6-14(18-4-2)13(11-12)15-7-9-16-10-8-15/h6,11H,3-4,7-10H2,1-2H3. The van der Waals surface area contributed by atoms with Crippen LogP contribution in [0, 0.1) is 6.07 Å². The first-order chi connectivity index (χ1) is 8.85. The van der Waals surface area contributed by atoms with E-state index in [9.17, 15) is 0 Å². The van der Waals surface area contributed by atoms with Crippen LogP contribution < -0.4 is 14.4 Å². The van der Waals surface area contributed by atoms with Crippen molar-refractivity contribution in [2.45, 2.75) is 13.8 Å². The van der Waals surface area contributed by atoms with Gasteiger partial charge in [0.05, 0.1) is 32.1 Å². The van der Waals surface area contributed by atoms with Gasteiger partial charge in [0.1, 0.15) is 11.5 Å². The molecule has 1 aromatic carbocycles. The predicted molar refractivity (Wildman–Crippen MR) is 70.6 cm³/mol. The molecule has 0 spiro atoms. The average Bonchev–Trinajstić information content (AvgIpc) is 2.42. The lowest BCUT2D eigenvalue weighted by atomic mass is 10.2. The molecule has 0 unspecified atom stereocenters. The Bertz CT molecular complexity index is 375. The molecule has 1 radical (unpaired) electrons. The summed E-state index contributed by atoms with van der Waals surface area (Å²) in [5.74, 6) is 1.63. The zero-order valence-electron chi connectivity index (χ0n) is 11.1. The SMILES string of the molecule is CCOc1[c]cc(OCC)c(N2CCOCC2)c1. The Hall–Kier alpha value is -1.42. The van der Waals surface area contributed by atoms with Crippen LogP contribution in [0.4, 0.5) is 5.69 Å². The molecule has 1 fully saturated rings. The van der Waals surface area contributed by atoms with Gasteiger partial charge in [-0.3, -0.25) is 0 Å². The first-order valence-corrected chi connectivity index (χ1v) is 6.49. The molecular formula is C14H20NO3. The Labute approximate surface area is 108 Å². The van der Waals surface area contributed by atoms with Crippen LogP contribution in [0.5, 0.6) is 11.5 Å². The van der Waals surface area contributed by atoms with Gasteiger partial charge in [0.25, 0.3) is 0 Å². The summed E-state index contributed by atoms with van der Waals surface area (Å²) in [5, 5.41) is 0. The maximum absolute atomic E-state index is 5.65. The number of hydrogen-bond acceptors (Lipinski definition) is 4. The molecule has 0 saturated carbocycles. The van der Waals surface area contributed by atoms with Crippen LogP contribution in [0.2, 0.25) is 0 Å². The van der Waals surface area contributed by atoms with Crippen molar-refractivity contribution in [3.63, 3.8) is 0 Å². The third kappa shape index (κ3) is 3.07. The van der Waals surface area contributed by atoms with Crippen molar-refractivity contribution < 1.29 is 14.2 Å². The number of benzene rings is 1. The summed E-state index contributed by atoms with van der Waals surface area (Å²) in [5.41, 5.74) is 1.07. The lowest BCUT2D eigenvalue weighted by molar-refractivity contribution is 0.122. The minimum atomic E-state index is 0.646. The Morgan fingerprint density at radius 3 is 2.61 bits per heavy atom. The van der Waals surface area contributed by atoms with Gasteiger partial charge < -0.3 is 19.1 Å². The van der Waals surface area contributed by atoms with E-state index in [1.54, 1.807) is 0 Å². The molecule has 1 saturated heterocycles. The highest BCUT2D eigenvalue weighted by atomic mass is 16.5. The summed E-state index contributed by atoms with van der Waals surface area (Å²) in [4.78, 5) is 2.27. The van der Waals surface area contributed by atoms with Gasteiger partial charge in [0.15, 0.2) is 0 Å². The van der Waals surface area contributed by atoms with Crippen LogP contribution in [-0.4, -0.2) is 39.5 Å². The number of nitrogens with zero attached hydrogens (tertiary/aromatic N) is 1. The first kappa shape index (κ1) is 13.0. The Morgan fingerprint density at radius 1 is 1.22 bits per heavy atom. The molecule has 0 aromatic heterocycles. The van der Waals surface area contributed by atoms with Gasteiger partial charge in [0.2, 0.25) is 0 Å². The van der Waals surface area contributed by atoms with Crippen LogP contribution in [-0.2, 0) is 4.74 Å². The molecule has 0 aliphatic carbocycles. The van der Waals surface area contributed by atoms with Crippen LogP contribution in [0.25, 0.3) is 0 Å². The fourth-order valence-electron chi connectivity index (χ4n) is 2.01. The van der Waals surface area contributed by atoms with Gasteiger partial charge in [-0.1, -0.05) is 0 Å². The zero-order chi connectivity index (χ0) is 12.8. The number of ether oxygens (including phenoxy) is 3. The smallest absolute Gasteiger partial charge is 0.143 e. The van der Waals surface area contributed by atoms with Gasteiger partial charge in [-0.05, 0) is 19.9 Å². The lowest BCUT2D eigenvalue weighted by Gasteiger charge is -2.30. The molecule has 2 rings (SSSR count). The number of morpholine rings is 1. The quantitative estimate of drug-likeness (QED) is 0.801. The molecule has 0 amide bonds. The average molecular weight is 250 g/mol. The van der Waals surface area contributed by atoms with Crippen molar-refractivity contribution in [2.24, 2.45) is 0 Å². The summed E-state index contributed by atoms with van der Waals surface area (Å²) in [7, 11) is 0. The Morgan fingerprint density at radius 2 is 1.94 bits per heavy atom. The minimum absolute atomic E-state index is 0.646. The third-order valence-electron chi connectivity index (χ3n) is 2.82. The fraction of sp³-hybridized carbons (Fsp3) is 0.571. The number of anilines is 1. The van der Waals surface area contributed by atoms with Gasteiger partial charge in [-0.15, -0.1) is 0 Å². The van der Waals surface area contributed by atoms with Crippen molar-refractivity contribution in [3.05, 3.63) is 18.2 Å². The highest BCUT2D eigenvalue weighted by Crippen LogP contribution is 2.32. The molecule has 99 valence electrons. The second-order valence-corrected chi connectivity index (χ2v) is 4.01. The van der Waals surface area contributed by atoms with E-state index in [-0.39, 0.29) is 0 Å². The van der Waals surface area contributed by atoms with E-state index in [2.05, 4.69) is 11.0 Å². The van der Waals surface area contributed by atoms with Gasteiger partial charge in [-0.25, -0.2) is 0 Å². The van der Waals surface area contributed by atoms with E-state index in [1.807, 2.05) is 26.0 Å². The second-order valence-electron chi connectivity index (χ2n) is 4.01. The minimum Gasteiger partial charge on any atom is -0.493 e. The molecule has 1 aliphatic rings. The van der Waals surface area contributed by atoms with E-state index in [0.717, 1.165) is 43.5 Å². The maximum atomic E-state index is 5.65. The highest BCUT2D eigenvalue weighted by molar-refractivity contribution is 5.61. The molecular weight excluding hydrogens is 230 g/mol. The van der Waals surface area contributed by atoms with Crippen LogP contribution in [0.1, 0.15) is 13.8 Å². The summed E-state index contributed by atoms with van der Waals surface area (Å²) in [6.45, 7) is 8.54. The summed E-state index contributed by atoms with van der Waals surface area (Å²) >= 11 is 0. The largest absolute Gasteiger partial charge is 0.493 e. The highest BCUT2D eigenvalue weighted by Gasteiger charge is 2.16. The molecule has 18 heavy (non-hydrogen) atoms. The van der Waals surface area contributed by atoms with Crippen molar-refractivity contribution in [1.29, 1.82) is 0 Å². The van der Waals surface area contributed by atoms with Crippen molar-refractivity contribution in [2.75, 3.05) is 44.4 Å². The van der Waals surface area contributed by atoms with E-state index in [1.165, 1.54) is 0 Å². The zero-order valence-corrected chi connectivity index (χ0v) is 11.1. The summed E-state index contributed by atoms with van der Waals surface area (Å²) in [6.07, 6.45) is 0. The Balaban J connectivity index is 2.23. The molecule has 1 aliphatic heterocycles.